The minimum atomic E-state index is 0.523. The first kappa shape index (κ1) is 17.3. The van der Waals surface area contributed by atoms with E-state index in [9.17, 15) is 0 Å². The third kappa shape index (κ3) is 3.54. The quantitative estimate of drug-likeness (QED) is 0.691. The molecule has 4 rings (SSSR count). The van der Waals surface area contributed by atoms with Gasteiger partial charge in [-0.1, -0.05) is 30.6 Å². The van der Waals surface area contributed by atoms with E-state index >= 15 is 0 Å². The number of aryl methyl sites for hydroxylation is 2. The number of aromatic nitrogens is 3. The van der Waals surface area contributed by atoms with E-state index in [0.29, 0.717) is 12.0 Å². The van der Waals surface area contributed by atoms with Crippen molar-refractivity contribution in [1.29, 1.82) is 0 Å². The number of fused-ring (bicyclic) bond motifs is 1. The summed E-state index contributed by atoms with van der Waals surface area (Å²) in [4.78, 5) is 4.88. The fraction of sp³-hybridized carbons (Fsp3) is 0.524. The van der Waals surface area contributed by atoms with E-state index in [-0.39, 0.29) is 0 Å². The Bertz CT molecular complexity index is 866. The molecular formula is C21H28N4O. The average molecular weight is 352 g/mol. The van der Waals surface area contributed by atoms with Gasteiger partial charge >= 0.3 is 0 Å². The van der Waals surface area contributed by atoms with Gasteiger partial charge in [-0.3, -0.25) is 0 Å². The van der Waals surface area contributed by atoms with Gasteiger partial charge in [-0.15, -0.1) is 0 Å². The lowest BCUT2D eigenvalue weighted by Crippen LogP contribution is -2.33. The highest BCUT2D eigenvalue weighted by Crippen LogP contribution is 2.29. The molecular weight excluding hydrogens is 324 g/mol. The lowest BCUT2D eigenvalue weighted by Gasteiger charge is -2.20. The molecule has 1 fully saturated rings. The molecule has 1 aliphatic rings. The number of nitrogens with zero attached hydrogens (tertiary/aromatic N) is 3. The fourth-order valence-corrected chi connectivity index (χ4v) is 4.28. The molecule has 1 aliphatic carbocycles. The fourth-order valence-electron chi connectivity index (χ4n) is 4.28. The van der Waals surface area contributed by atoms with Gasteiger partial charge in [0.1, 0.15) is 11.6 Å². The summed E-state index contributed by atoms with van der Waals surface area (Å²) in [6.45, 7) is 6.04. The minimum Gasteiger partial charge on any atom is -0.361 e. The van der Waals surface area contributed by atoms with Crippen molar-refractivity contribution in [3.8, 4) is 0 Å². The number of benzene rings is 1. The highest BCUT2D eigenvalue weighted by molar-refractivity contribution is 5.75. The van der Waals surface area contributed by atoms with Crippen LogP contribution in [-0.4, -0.2) is 20.7 Å². The predicted molar refractivity (Wildman–Crippen MR) is 103 cm³/mol. The van der Waals surface area contributed by atoms with Crippen molar-refractivity contribution in [1.82, 2.24) is 20.0 Å². The molecule has 1 saturated carbocycles. The van der Waals surface area contributed by atoms with Crippen molar-refractivity contribution in [2.75, 3.05) is 0 Å². The highest BCUT2D eigenvalue weighted by atomic mass is 16.5. The standard InChI is InChI=1S/C21H28N4O/c1-3-11-25-20-10-5-4-8-19(20)23-21(25)14-22-18-9-6-7-16(18)13-17-12-15(2)24-26-17/h4-5,8,10,12,16,18,22H,3,6-7,9,11,13-14H2,1-2H3/t16-,18+/m0/s1. The topological polar surface area (TPSA) is 55.9 Å². The highest BCUT2D eigenvalue weighted by Gasteiger charge is 2.28. The summed E-state index contributed by atoms with van der Waals surface area (Å²) in [5.41, 5.74) is 3.31. The maximum atomic E-state index is 5.43. The van der Waals surface area contributed by atoms with E-state index in [1.54, 1.807) is 0 Å². The van der Waals surface area contributed by atoms with Gasteiger partial charge in [-0.2, -0.15) is 0 Å². The van der Waals surface area contributed by atoms with Crippen LogP contribution in [-0.2, 0) is 19.5 Å². The maximum absolute atomic E-state index is 5.43. The third-order valence-electron chi connectivity index (χ3n) is 5.50. The molecule has 26 heavy (non-hydrogen) atoms. The molecule has 2 atom stereocenters. The van der Waals surface area contributed by atoms with Crippen LogP contribution in [0.4, 0.5) is 0 Å². The van der Waals surface area contributed by atoms with Gasteiger partial charge in [0.05, 0.1) is 23.3 Å². The van der Waals surface area contributed by atoms with Crippen molar-refractivity contribution in [3.63, 3.8) is 0 Å². The molecule has 138 valence electrons. The summed E-state index contributed by atoms with van der Waals surface area (Å²) in [5.74, 6) is 2.78. The Labute approximate surface area is 154 Å². The van der Waals surface area contributed by atoms with Crippen LogP contribution >= 0.6 is 0 Å². The lowest BCUT2D eigenvalue weighted by molar-refractivity contribution is 0.327. The summed E-state index contributed by atoms with van der Waals surface area (Å²) in [7, 11) is 0. The van der Waals surface area contributed by atoms with Crippen LogP contribution in [0.15, 0.2) is 34.9 Å². The van der Waals surface area contributed by atoms with Gasteiger partial charge in [0.25, 0.3) is 0 Å². The summed E-state index contributed by atoms with van der Waals surface area (Å²) in [5, 5.41) is 7.81. The number of para-hydroxylation sites is 2. The Balaban J connectivity index is 1.46. The van der Waals surface area contributed by atoms with E-state index in [1.165, 1.54) is 24.8 Å². The molecule has 0 bridgehead atoms. The van der Waals surface area contributed by atoms with Crippen LogP contribution in [0.25, 0.3) is 11.0 Å². The first-order valence-electron chi connectivity index (χ1n) is 9.84. The van der Waals surface area contributed by atoms with E-state index in [4.69, 9.17) is 9.51 Å². The number of rotatable bonds is 7. The van der Waals surface area contributed by atoms with Crippen LogP contribution in [0.1, 0.15) is 49.9 Å². The smallest absolute Gasteiger partial charge is 0.137 e. The largest absolute Gasteiger partial charge is 0.361 e. The Morgan fingerprint density at radius 2 is 2.15 bits per heavy atom. The van der Waals surface area contributed by atoms with Gasteiger partial charge in [0.2, 0.25) is 0 Å². The Hall–Kier alpha value is -2.14. The van der Waals surface area contributed by atoms with Gasteiger partial charge < -0.3 is 14.4 Å². The van der Waals surface area contributed by atoms with Crippen molar-refractivity contribution in [3.05, 3.63) is 47.6 Å². The zero-order valence-corrected chi connectivity index (χ0v) is 15.7. The SMILES string of the molecule is CCCn1c(CN[C@@H]2CCC[C@H]2Cc2cc(C)no2)nc2ccccc21. The number of imidazole rings is 1. The predicted octanol–water partition coefficient (Wildman–Crippen LogP) is 4.24. The second-order valence-corrected chi connectivity index (χ2v) is 7.49. The normalized spacial score (nSPS) is 20.2. The minimum absolute atomic E-state index is 0.523. The van der Waals surface area contributed by atoms with Crippen LogP contribution in [0, 0.1) is 12.8 Å². The summed E-state index contributed by atoms with van der Waals surface area (Å²) in [6.07, 6.45) is 5.85. The monoisotopic (exact) mass is 352 g/mol. The first-order chi connectivity index (χ1) is 12.7. The molecule has 0 radical (unpaired) electrons. The number of nitrogens with one attached hydrogen (secondary N) is 1. The molecule has 5 nitrogen and oxygen atoms in total. The molecule has 0 unspecified atom stereocenters. The van der Waals surface area contributed by atoms with Crippen molar-refractivity contribution < 1.29 is 4.52 Å². The van der Waals surface area contributed by atoms with E-state index in [2.05, 4.69) is 52.3 Å². The molecule has 3 aromatic rings. The first-order valence-corrected chi connectivity index (χ1v) is 9.84. The molecule has 2 aromatic heterocycles. The van der Waals surface area contributed by atoms with Crippen LogP contribution in [0.3, 0.4) is 0 Å². The maximum Gasteiger partial charge on any atom is 0.137 e. The second-order valence-electron chi connectivity index (χ2n) is 7.49. The number of hydrogen-bond donors (Lipinski definition) is 1. The third-order valence-corrected chi connectivity index (χ3v) is 5.50. The van der Waals surface area contributed by atoms with Crippen LogP contribution in [0.5, 0.6) is 0 Å². The van der Waals surface area contributed by atoms with Gasteiger partial charge in [-0.25, -0.2) is 4.98 Å². The molecule has 2 heterocycles. The molecule has 1 aromatic carbocycles. The summed E-state index contributed by atoms with van der Waals surface area (Å²) >= 11 is 0. The summed E-state index contributed by atoms with van der Waals surface area (Å²) in [6, 6.07) is 11.0. The van der Waals surface area contributed by atoms with E-state index in [0.717, 1.165) is 48.7 Å². The van der Waals surface area contributed by atoms with Crippen LogP contribution < -0.4 is 5.32 Å². The molecule has 0 spiro atoms. The average Bonchev–Trinajstić information content (AvgIpc) is 3.34. The zero-order chi connectivity index (χ0) is 17.9. The van der Waals surface area contributed by atoms with Crippen LogP contribution in [0.2, 0.25) is 0 Å². The van der Waals surface area contributed by atoms with Crippen molar-refractivity contribution in [2.24, 2.45) is 5.92 Å². The Morgan fingerprint density at radius 3 is 2.96 bits per heavy atom. The molecule has 0 saturated heterocycles. The second kappa shape index (κ2) is 7.62. The van der Waals surface area contributed by atoms with Crippen molar-refractivity contribution in [2.45, 2.75) is 65.1 Å². The van der Waals surface area contributed by atoms with Gasteiger partial charge in [-0.05, 0) is 44.2 Å². The van der Waals surface area contributed by atoms with E-state index < -0.39 is 0 Å². The molecule has 0 aliphatic heterocycles. The van der Waals surface area contributed by atoms with Gasteiger partial charge in [0.15, 0.2) is 0 Å². The molecule has 0 amide bonds. The molecule has 5 heteroatoms. The Kier molecular flexibility index (Phi) is 5.07. The zero-order valence-electron chi connectivity index (χ0n) is 15.7. The molecule has 1 N–H and O–H groups in total. The van der Waals surface area contributed by atoms with Crippen molar-refractivity contribution >= 4 is 11.0 Å². The summed E-state index contributed by atoms with van der Waals surface area (Å²) < 4.78 is 7.80. The number of hydrogen-bond acceptors (Lipinski definition) is 4. The van der Waals surface area contributed by atoms with E-state index in [1.807, 2.05) is 6.92 Å². The Morgan fingerprint density at radius 1 is 1.27 bits per heavy atom. The van der Waals surface area contributed by atoms with Gasteiger partial charge in [0, 0.05) is 25.1 Å². The lowest BCUT2D eigenvalue weighted by atomic mass is 9.98.